The Morgan fingerprint density at radius 3 is 2.71 bits per heavy atom. The molecular formula is C12H8Cl2N4O2S. The van der Waals surface area contributed by atoms with Crippen LogP contribution in [0.1, 0.15) is 0 Å². The predicted molar refractivity (Wildman–Crippen MR) is 79.6 cm³/mol. The third-order valence-corrected chi connectivity index (χ3v) is 3.60. The molecule has 6 nitrogen and oxygen atoms in total. The molecule has 0 N–H and O–H groups in total. The van der Waals surface area contributed by atoms with Crippen LogP contribution in [0.4, 0.5) is 4.79 Å². The molecule has 1 aromatic heterocycles. The summed E-state index contributed by atoms with van der Waals surface area (Å²) in [7, 11) is 1.44. The number of amides is 1. The van der Waals surface area contributed by atoms with E-state index in [4.69, 9.17) is 33.2 Å². The zero-order valence-electron chi connectivity index (χ0n) is 10.7. The van der Waals surface area contributed by atoms with Crippen LogP contribution in [0, 0.1) is 11.3 Å². The van der Waals surface area contributed by atoms with E-state index in [2.05, 4.69) is 8.75 Å². The van der Waals surface area contributed by atoms with Gasteiger partial charge < -0.3 is 4.74 Å². The lowest BCUT2D eigenvalue weighted by molar-refractivity contribution is 0.166. The SMILES string of the molecule is CN(CC#N)C(=O)Oc1nsnc1-c1c(Cl)cccc1Cl. The van der Waals surface area contributed by atoms with Crippen LogP contribution in [-0.4, -0.2) is 33.3 Å². The molecule has 0 aliphatic carbocycles. The topological polar surface area (TPSA) is 79.1 Å². The molecule has 0 fully saturated rings. The highest BCUT2D eigenvalue weighted by molar-refractivity contribution is 6.99. The molecule has 2 rings (SSSR count). The van der Waals surface area contributed by atoms with E-state index < -0.39 is 6.09 Å². The molecule has 0 unspecified atom stereocenters. The molecule has 0 aliphatic rings. The Kier molecular flexibility index (Phi) is 4.96. The molecule has 108 valence electrons. The lowest BCUT2D eigenvalue weighted by Gasteiger charge is -2.12. The van der Waals surface area contributed by atoms with E-state index in [9.17, 15) is 4.79 Å². The van der Waals surface area contributed by atoms with Gasteiger partial charge in [0.1, 0.15) is 6.54 Å². The number of aromatic nitrogens is 2. The average molecular weight is 343 g/mol. The molecule has 0 bridgehead atoms. The van der Waals surface area contributed by atoms with Crippen molar-refractivity contribution in [2.24, 2.45) is 0 Å². The van der Waals surface area contributed by atoms with Crippen LogP contribution < -0.4 is 4.74 Å². The number of hydrogen-bond donors (Lipinski definition) is 0. The summed E-state index contributed by atoms with van der Waals surface area (Å²) in [5, 5.41) is 9.30. The molecule has 1 aromatic carbocycles. The van der Waals surface area contributed by atoms with Crippen molar-refractivity contribution in [3.8, 4) is 23.2 Å². The molecular weight excluding hydrogens is 335 g/mol. The maximum Gasteiger partial charge on any atom is 0.417 e. The highest BCUT2D eigenvalue weighted by Gasteiger charge is 2.21. The standard InChI is InChI=1S/C12H8Cl2N4O2S/c1-18(6-5-15)12(19)20-11-10(16-21-17-11)9-7(13)3-2-4-8(9)14/h2-4H,6H2,1H3. The Hall–Kier alpha value is -1.88. The number of carbonyl (C=O) groups is 1. The van der Waals surface area contributed by atoms with Crippen LogP contribution >= 0.6 is 34.9 Å². The molecule has 0 atom stereocenters. The Bertz CT molecular complexity index is 693. The van der Waals surface area contributed by atoms with Gasteiger partial charge in [-0.2, -0.15) is 9.64 Å². The van der Waals surface area contributed by atoms with Gasteiger partial charge in [-0.15, -0.1) is 4.37 Å². The number of halogens is 2. The number of carbonyl (C=O) groups excluding carboxylic acids is 1. The number of ether oxygens (including phenoxy) is 1. The fourth-order valence-electron chi connectivity index (χ4n) is 1.46. The minimum atomic E-state index is -0.714. The molecule has 0 saturated carbocycles. The first-order chi connectivity index (χ1) is 10.0. The number of nitrogens with zero attached hydrogens (tertiary/aromatic N) is 4. The number of hydrogen-bond acceptors (Lipinski definition) is 6. The summed E-state index contributed by atoms with van der Waals surface area (Å²) in [5.41, 5.74) is 0.731. The van der Waals surface area contributed by atoms with E-state index in [1.165, 1.54) is 7.05 Å². The van der Waals surface area contributed by atoms with Crippen LogP contribution in [-0.2, 0) is 0 Å². The van der Waals surface area contributed by atoms with Crippen molar-refractivity contribution in [1.82, 2.24) is 13.6 Å². The van der Waals surface area contributed by atoms with Crippen LogP contribution in [0.2, 0.25) is 10.0 Å². The minimum Gasteiger partial charge on any atom is -0.388 e. The first kappa shape index (κ1) is 15.5. The summed E-state index contributed by atoms with van der Waals surface area (Å²) in [6, 6.07) is 6.83. The number of nitriles is 1. The maximum atomic E-state index is 11.8. The second kappa shape index (κ2) is 6.72. The third-order valence-electron chi connectivity index (χ3n) is 2.46. The van der Waals surface area contributed by atoms with Crippen molar-refractivity contribution in [2.45, 2.75) is 0 Å². The van der Waals surface area contributed by atoms with Gasteiger partial charge in [0.15, 0.2) is 5.69 Å². The zero-order chi connectivity index (χ0) is 15.4. The number of benzene rings is 1. The average Bonchev–Trinajstić information content (AvgIpc) is 2.87. The highest BCUT2D eigenvalue weighted by atomic mass is 35.5. The Morgan fingerprint density at radius 1 is 1.43 bits per heavy atom. The summed E-state index contributed by atoms with van der Waals surface area (Å²) in [4.78, 5) is 12.9. The normalized spacial score (nSPS) is 10.0. The lowest BCUT2D eigenvalue weighted by Crippen LogP contribution is -2.30. The lowest BCUT2D eigenvalue weighted by atomic mass is 10.1. The highest BCUT2D eigenvalue weighted by Crippen LogP contribution is 2.38. The molecule has 0 radical (unpaired) electrons. The van der Waals surface area contributed by atoms with Crippen LogP contribution in [0.5, 0.6) is 5.88 Å². The maximum absolute atomic E-state index is 11.8. The first-order valence-electron chi connectivity index (χ1n) is 5.61. The van der Waals surface area contributed by atoms with Gasteiger partial charge in [0.25, 0.3) is 5.88 Å². The van der Waals surface area contributed by atoms with E-state index in [1.807, 2.05) is 6.07 Å². The fourth-order valence-corrected chi connectivity index (χ4v) is 2.52. The van der Waals surface area contributed by atoms with Crippen LogP contribution in [0.15, 0.2) is 18.2 Å². The molecule has 0 spiro atoms. The van der Waals surface area contributed by atoms with Gasteiger partial charge in [-0.05, 0) is 12.1 Å². The van der Waals surface area contributed by atoms with Gasteiger partial charge in [0.2, 0.25) is 0 Å². The van der Waals surface area contributed by atoms with Gasteiger partial charge in [-0.25, -0.2) is 4.79 Å². The van der Waals surface area contributed by atoms with Crippen molar-refractivity contribution < 1.29 is 9.53 Å². The summed E-state index contributed by atoms with van der Waals surface area (Å²) in [6.45, 7) is -0.0986. The van der Waals surface area contributed by atoms with Crippen LogP contribution in [0.3, 0.4) is 0 Å². The van der Waals surface area contributed by atoms with E-state index >= 15 is 0 Å². The van der Waals surface area contributed by atoms with Gasteiger partial charge in [-0.3, -0.25) is 4.90 Å². The quantitative estimate of drug-likeness (QED) is 0.798. The molecule has 1 heterocycles. The smallest absolute Gasteiger partial charge is 0.388 e. The molecule has 21 heavy (non-hydrogen) atoms. The van der Waals surface area contributed by atoms with Gasteiger partial charge in [-0.1, -0.05) is 29.3 Å². The molecule has 0 saturated heterocycles. The van der Waals surface area contributed by atoms with E-state index in [0.29, 0.717) is 15.6 Å². The Morgan fingerprint density at radius 2 is 2.10 bits per heavy atom. The second-order valence-corrected chi connectivity index (χ2v) is 5.24. The van der Waals surface area contributed by atoms with Crippen LogP contribution in [0.25, 0.3) is 11.3 Å². The predicted octanol–water partition coefficient (Wildman–Crippen LogP) is 3.47. The number of rotatable bonds is 3. The summed E-state index contributed by atoms with van der Waals surface area (Å²) >= 11 is 13.1. The van der Waals surface area contributed by atoms with Gasteiger partial charge in [0, 0.05) is 12.6 Å². The summed E-state index contributed by atoms with van der Waals surface area (Å²) in [6.07, 6.45) is -0.714. The molecule has 9 heteroatoms. The van der Waals surface area contributed by atoms with Crippen molar-refractivity contribution in [1.29, 1.82) is 5.26 Å². The van der Waals surface area contributed by atoms with Crippen molar-refractivity contribution in [3.05, 3.63) is 28.2 Å². The summed E-state index contributed by atoms with van der Waals surface area (Å²) in [5.74, 6) is 0.00443. The van der Waals surface area contributed by atoms with Crippen molar-refractivity contribution >= 4 is 41.0 Å². The van der Waals surface area contributed by atoms with E-state index in [0.717, 1.165) is 16.6 Å². The first-order valence-corrected chi connectivity index (χ1v) is 7.10. The van der Waals surface area contributed by atoms with Crippen molar-refractivity contribution in [2.75, 3.05) is 13.6 Å². The van der Waals surface area contributed by atoms with Crippen molar-refractivity contribution in [3.63, 3.8) is 0 Å². The molecule has 2 aromatic rings. The van der Waals surface area contributed by atoms with Gasteiger partial charge in [0.05, 0.1) is 27.8 Å². The Balaban J connectivity index is 2.32. The molecule has 1 amide bonds. The van der Waals surface area contributed by atoms with E-state index in [1.54, 1.807) is 18.2 Å². The monoisotopic (exact) mass is 342 g/mol. The fraction of sp³-hybridized carbons (Fsp3) is 0.167. The second-order valence-electron chi connectivity index (χ2n) is 3.90. The Labute approximate surface area is 134 Å². The van der Waals surface area contributed by atoms with Gasteiger partial charge >= 0.3 is 6.09 Å². The third kappa shape index (κ3) is 3.42. The molecule has 0 aliphatic heterocycles. The summed E-state index contributed by atoms with van der Waals surface area (Å²) < 4.78 is 13.1. The zero-order valence-corrected chi connectivity index (χ0v) is 13.0. The van der Waals surface area contributed by atoms with E-state index in [-0.39, 0.29) is 18.1 Å². The minimum absolute atomic E-state index is 0.00443. The largest absolute Gasteiger partial charge is 0.417 e.